The van der Waals surface area contributed by atoms with Crippen LogP contribution >= 0.6 is 0 Å². The Kier molecular flexibility index (Phi) is 2.78. The van der Waals surface area contributed by atoms with Gasteiger partial charge in [-0.15, -0.1) is 0 Å². The summed E-state index contributed by atoms with van der Waals surface area (Å²) in [6, 6.07) is 8.02. The van der Waals surface area contributed by atoms with E-state index in [2.05, 4.69) is 10.3 Å². The SMILES string of the molecule is Cc1ccccc1-c1nonc1CCN. The summed E-state index contributed by atoms with van der Waals surface area (Å²) >= 11 is 0. The second-order valence-corrected chi connectivity index (χ2v) is 3.41. The summed E-state index contributed by atoms with van der Waals surface area (Å²) in [5.74, 6) is 0. The molecule has 2 aromatic rings. The summed E-state index contributed by atoms with van der Waals surface area (Å²) in [5, 5.41) is 7.78. The van der Waals surface area contributed by atoms with Gasteiger partial charge in [0.25, 0.3) is 0 Å². The third kappa shape index (κ3) is 1.89. The van der Waals surface area contributed by atoms with Crippen LogP contribution in [0, 0.1) is 6.92 Å². The molecule has 4 heteroatoms. The normalized spacial score (nSPS) is 10.5. The van der Waals surface area contributed by atoms with Gasteiger partial charge >= 0.3 is 0 Å². The highest BCUT2D eigenvalue weighted by atomic mass is 16.6. The van der Waals surface area contributed by atoms with Crippen molar-refractivity contribution in [1.29, 1.82) is 0 Å². The summed E-state index contributed by atoms with van der Waals surface area (Å²) in [6.45, 7) is 2.59. The Morgan fingerprint density at radius 3 is 2.80 bits per heavy atom. The van der Waals surface area contributed by atoms with Crippen LogP contribution in [-0.2, 0) is 6.42 Å². The minimum atomic E-state index is 0.549. The number of hydrogen-bond acceptors (Lipinski definition) is 4. The number of nitrogens with two attached hydrogens (primary N) is 1. The van der Waals surface area contributed by atoms with Crippen molar-refractivity contribution in [1.82, 2.24) is 10.3 Å². The molecule has 2 N–H and O–H groups in total. The van der Waals surface area contributed by atoms with E-state index in [1.165, 1.54) is 0 Å². The molecule has 0 aliphatic heterocycles. The summed E-state index contributed by atoms with van der Waals surface area (Å²) in [7, 11) is 0. The first-order valence-corrected chi connectivity index (χ1v) is 4.90. The van der Waals surface area contributed by atoms with Crippen LogP contribution in [0.25, 0.3) is 11.3 Å². The van der Waals surface area contributed by atoms with Crippen molar-refractivity contribution in [3.05, 3.63) is 35.5 Å². The maximum Gasteiger partial charge on any atom is 0.138 e. The third-order valence-electron chi connectivity index (χ3n) is 2.34. The van der Waals surface area contributed by atoms with Crippen LogP contribution in [0.3, 0.4) is 0 Å². The fraction of sp³-hybridized carbons (Fsp3) is 0.273. The maximum absolute atomic E-state index is 5.50. The van der Waals surface area contributed by atoms with E-state index >= 15 is 0 Å². The van der Waals surface area contributed by atoms with Gasteiger partial charge in [0.15, 0.2) is 0 Å². The van der Waals surface area contributed by atoms with Crippen LogP contribution in [-0.4, -0.2) is 16.9 Å². The zero-order chi connectivity index (χ0) is 10.7. The predicted molar refractivity (Wildman–Crippen MR) is 57.2 cm³/mol. The number of rotatable bonds is 3. The molecule has 0 unspecified atom stereocenters. The quantitative estimate of drug-likeness (QED) is 0.821. The van der Waals surface area contributed by atoms with Crippen molar-refractivity contribution >= 4 is 0 Å². The zero-order valence-electron chi connectivity index (χ0n) is 8.60. The van der Waals surface area contributed by atoms with Crippen LogP contribution in [0.1, 0.15) is 11.3 Å². The molecule has 0 saturated heterocycles. The lowest BCUT2D eigenvalue weighted by atomic mass is 10.0. The molecule has 0 amide bonds. The first-order chi connectivity index (χ1) is 7.33. The minimum Gasteiger partial charge on any atom is -0.330 e. The maximum atomic E-state index is 5.50. The fourth-order valence-corrected chi connectivity index (χ4v) is 1.55. The van der Waals surface area contributed by atoms with Crippen molar-refractivity contribution in [2.75, 3.05) is 6.54 Å². The second kappa shape index (κ2) is 4.23. The first kappa shape index (κ1) is 9.86. The molecule has 0 spiro atoms. The smallest absolute Gasteiger partial charge is 0.138 e. The van der Waals surface area contributed by atoms with E-state index in [1.807, 2.05) is 31.2 Å². The molecule has 0 saturated carbocycles. The molecule has 0 fully saturated rings. The molecule has 0 aliphatic carbocycles. The second-order valence-electron chi connectivity index (χ2n) is 3.41. The van der Waals surface area contributed by atoms with Crippen LogP contribution < -0.4 is 5.73 Å². The number of hydrogen-bond donors (Lipinski definition) is 1. The zero-order valence-corrected chi connectivity index (χ0v) is 8.60. The number of nitrogens with zero attached hydrogens (tertiary/aromatic N) is 2. The Morgan fingerprint density at radius 1 is 1.27 bits per heavy atom. The van der Waals surface area contributed by atoms with Crippen LogP contribution in [0.4, 0.5) is 0 Å². The molecule has 4 nitrogen and oxygen atoms in total. The summed E-state index contributed by atoms with van der Waals surface area (Å²) < 4.78 is 4.75. The van der Waals surface area contributed by atoms with Gasteiger partial charge in [-0.2, -0.15) is 0 Å². The van der Waals surface area contributed by atoms with Crippen molar-refractivity contribution in [3.8, 4) is 11.3 Å². The molecule has 0 atom stereocenters. The van der Waals surface area contributed by atoms with E-state index in [-0.39, 0.29) is 0 Å². The van der Waals surface area contributed by atoms with Gasteiger partial charge in [-0.3, -0.25) is 0 Å². The Morgan fingerprint density at radius 2 is 2.07 bits per heavy atom. The van der Waals surface area contributed by atoms with Gasteiger partial charge < -0.3 is 5.73 Å². The summed E-state index contributed by atoms with van der Waals surface area (Å²) in [6.07, 6.45) is 0.688. The lowest BCUT2D eigenvalue weighted by molar-refractivity contribution is 0.304. The Labute approximate surface area is 88.1 Å². The largest absolute Gasteiger partial charge is 0.330 e. The highest BCUT2D eigenvalue weighted by Gasteiger charge is 2.12. The van der Waals surface area contributed by atoms with E-state index < -0.39 is 0 Å². The number of aromatic nitrogens is 2. The van der Waals surface area contributed by atoms with E-state index in [4.69, 9.17) is 10.4 Å². The molecule has 1 aromatic heterocycles. The Hall–Kier alpha value is -1.68. The van der Waals surface area contributed by atoms with E-state index in [9.17, 15) is 0 Å². The van der Waals surface area contributed by atoms with E-state index in [0.29, 0.717) is 13.0 Å². The Balaban J connectivity index is 2.45. The van der Waals surface area contributed by atoms with Gasteiger partial charge in [0.05, 0.1) is 0 Å². The van der Waals surface area contributed by atoms with Gasteiger partial charge in [0.1, 0.15) is 11.4 Å². The third-order valence-corrected chi connectivity index (χ3v) is 2.34. The molecular weight excluding hydrogens is 190 g/mol. The summed E-state index contributed by atoms with van der Waals surface area (Å²) in [5.41, 5.74) is 9.34. The molecule has 0 aliphatic rings. The molecule has 1 heterocycles. The monoisotopic (exact) mass is 203 g/mol. The highest BCUT2D eigenvalue weighted by molar-refractivity contribution is 5.64. The molecular formula is C11H13N3O. The van der Waals surface area contributed by atoms with Gasteiger partial charge in [0, 0.05) is 12.0 Å². The molecule has 0 bridgehead atoms. The van der Waals surface area contributed by atoms with Crippen molar-refractivity contribution in [3.63, 3.8) is 0 Å². The van der Waals surface area contributed by atoms with Gasteiger partial charge in [-0.25, -0.2) is 4.63 Å². The predicted octanol–water partition coefficient (Wildman–Crippen LogP) is 1.55. The minimum absolute atomic E-state index is 0.549. The van der Waals surface area contributed by atoms with Gasteiger partial charge in [-0.05, 0) is 24.2 Å². The lowest BCUT2D eigenvalue weighted by Gasteiger charge is -2.01. The van der Waals surface area contributed by atoms with E-state index in [1.54, 1.807) is 0 Å². The Bertz CT molecular complexity index is 451. The van der Waals surface area contributed by atoms with Crippen molar-refractivity contribution in [2.24, 2.45) is 5.73 Å². The molecule has 1 aromatic carbocycles. The molecule has 2 rings (SSSR count). The molecule has 15 heavy (non-hydrogen) atoms. The van der Waals surface area contributed by atoms with Crippen molar-refractivity contribution in [2.45, 2.75) is 13.3 Å². The highest BCUT2D eigenvalue weighted by Crippen LogP contribution is 2.23. The van der Waals surface area contributed by atoms with Crippen molar-refractivity contribution < 1.29 is 4.63 Å². The molecule has 0 radical (unpaired) electrons. The fourth-order valence-electron chi connectivity index (χ4n) is 1.55. The average Bonchev–Trinajstić information content (AvgIpc) is 2.67. The standard InChI is InChI=1S/C11H13N3O/c1-8-4-2-3-5-9(8)11-10(6-7-12)13-15-14-11/h2-5H,6-7,12H2,1H3. The van der Waals surface area contributed by atoms with Crippen LogP contribution in [0.15, 0.2) is 28.9 Å². The lowest BCUT2D eigenvalue weighted by Crippen LogP contribution is -2.04. The van der Waals surface area contributed by atoms with Crippen LogP contribution in [0.5, 0.6) is 0 Å². The number of benzene rings is 1. The average molecular weight is 203 g/mol. The van der Waals surface area contributed by atoms with E-state index in [0.717, 1.165) is 22.5 Å². The van der Waals surface area contributed by atoms with Crippen LogP contribution in [0.2, 0.25) is 0 Å². The van der Waals surface area contributed by atoms with Gasteiger partial charge in [-0.1, -0.05) is 29.4 Å². The number of aryl methyl sites for hydroxylation is 1. The molecule has 78 valence electrons. The van der Waals surface area contributed by atoms with Gasteiger partial charge in [0.2, 0.25) is 0 Å². The first-order valence-electron chi connectivity index (χ1n) is 4.90. The topological polar surface area (TPSA) is 64.9 Å². The summed E-state index contributed by atoms with van der Waals surface area (Å²) in [4.78, 5) is 0.